The summed E-state index contributed by atoms with van der Waals surface area (Å²) >= 11 is 0. The van der Waals surface area contributed by atoms with Crippen LogP contribution in [-0.4, -0.2) is 17.9 Å². The van der Waals surface area contributed by atoms with Gasteiger partial charge >= 0.3 is 0 Å². The molecule has 7 nitrogen and oxygen atoms in total. The van der Waals surface area contributed by atoms with Crippen LogP contribution in [0.1, 0.15) is 23.0 Å². The molecule has 1 aromatic heterocycles. The Bertz CT molecular complexity index is 1150. The van der Waals surface area contributed by atoms with E-state index in [0.717, 1.165) is 5.56 Å². The molecule has 3 aromatic rings. The zero-order chi connectivity index (χ0) is 19.1. The molecule has 2 N–H and O–H groups in total. The van der Waals surface area contributed by atoms with Crippen molar-refractivity contribution in [3.8, 4) is 5.75 Å². The van der Waals surface area contributed by atoms with Gasteiger partial charge in [-0.25, -0.2) is 0 Å². The Morgan fingerprint density at radius 2 is 1.93 bits per heavy atom. The number of benzene rings is 2. The molecule has 1 aliphatic rings. The van der Waals surface area contributed by atoms with Crippen LogP contribution in [0.2, 0.25) is 0 Å². The second-order valence-electron chi connectivity index (χ2n) is 6.39. The van der Waals surface area contributed by atoms with Gasteiger partial charge in [-0.2, -0.15) is 0 Å². The molecule has 0 saturated heterocycles. The maximum atomic E-state index is 12.5. The summed E-state index contributed by atoms with van der Waals surface area (Å²) in [7, 11) is 0. The van der Waals surface area contributed by atoms with Crippen LogP contribution in [-0.2, 0) is 4.79 Å². The number of amides is 2. The number of anilines is 2. The Kier molecular flexibility index (Phi) is 3.92. The lowest BCUT2D eigenvalue weighted by molar-refractivity contribution is -0.122. The molecule has 27 heavy (non-hydrogen) atoms. The largest absolute Gasteiger partial charge is 0.479 e. The monoisotopic (exact) mass is 364 g/mol. The number of aryl methyl sites for hydroxylation is 1. The van der Waals surface area contributed by atoms with Crippen molar-refractivity contribution < 1.29 is 18.7 Å². The summed E-state index contributed by atoms with van der Waals surface area (Å²) in [4.78, 5) is 36.5. The number of fused-ring (bicyclic) bond motifs is 2. The van der Waals surface area contributed by atoms with Gasteiger partial charge in [-0.15, -0.1) is 0 Å². The summed E-state index contributed by atoms with van der Waals surface area (Å²) in [5.41, 5.74) is 1.89. The summed E-state index contributed by atoms with van der Waals surface area (Å²) in [5.74, 6) is -0.400. The lowest BCUT2D eigenvalue weighted by atomic mass is 10.1. The molecule has 0 radical (unpaired) electrons. The van der Waals surface area contributed by atoms with Gasteiger partial charge in [0, 0.05) is 11.8 Å². The average Bonchev–Trinajstić information content (AvgIpc) is 2.63. The predicted octanol–water partition coefficient (Wildman–Crippen LogP) is 3.07. The van der Waals surface area contributed by atoms with Crippen molar-refractivity contribution in [2.75, 3.05) is 10.6 Å². The number of rotatable bonds is 2. The molecule has 0 unspecified atom stereocenters. The summed E-state index contributed by atoms with van der Waals surface area (Å²) in [5, 5.41) is 5.80. The molecule has 0 bridgehead atoms. The van der Waals surface area contributed by atoms with Gasteiger partial charge in [0.15, 0.2) is 17.3 Å². The standard InChI is InChI=1S/C20H16N2O5/c1-10-3-5-16-13(7-10)15(23)9-18(27-16)20(25)21-12-4-6-17-14(8-12)22-19(24)11(2)26-17/h3-9,11H,1-2H3,(H,21,25)(H,22,24)/t11-/m1/s1. The zero-order valence-corrected chi connectivity index (χ0v) is 14.7. The van der Waals surface area contributed by atoms with Gasteiger partial charge in [0.1, 0.15) is 11.3 Å². The lowest BCUT2D eigenvalue weighted by Gasteiger charge is -2.23. The van der Waals surface area contributed by atoms with E-state index >= 15 is 0 Å². The van der Waals surface area contributed by atoms with E-state index in [1.807, 2.05) is 6.92 Å². The fourth-order valence-electron chi connectivity index (χ4n) is 2.86. The van der Waals surface area contributed by atoms with E-state index in [9.17, 15) is 14.4 Å². The first-order valence-electron chi connectivity index (χ1n) is 8.38. The Morgan fingerprint density at radius 1 is 1.11 bits per heavy atom. The van der Waals surface area contributed by atoms with Gasteiger partial charge in [-0.1, -0.05) is 11.6 Å². The van der Waals surface area contributed by atoms with Crippen molar-refractivity contribution in [3.05, 3.63) is 64.0 Å². The van der Waals surface area contributed by atoms with E-state index in [4.69, 9.17) is 9.15 Å². The Labute approximate surface area is 153 Å². The highest BCUT2D eigenvalue weighted by atomic mass is 16.5. The molecular formula is C20H16N2O5. The van der Waals surface area contributed by atoms with E-state index in [1.54, 1.807) is 43.3 Å². The average molecular weight is 364 g/mol. The van der Waals surface area contributed by atoms with Crippen molar-refractivity contribution in [3.63, 3.8) is 0 Å². The Hall–Kier alpha value is -3.61. The highest BCUT2D eigenvalue weighted by Crippen LogP contribution is 2.32. The number of hydrogen-bond donors (Lipinski definition) is 2. The van der Waals surface area contributed by atoms with E-state index in [1.165, 1.54) is 6.07 Å². The molecule has 2 heterocycles. The summed E-state index contributed by atoms with van der Waals surface area (Å²) < 4.78 is 11.0. The number of ether oxygens (including phenoxy) is 1. The minimum Gasteiger partial charge on any atom is -0.479 e. The molecule has 0 saturated carbocycles. The Balaban J connectivity index is 1.62. The van der Waals surface area contributed by atoms with Crippen molar-refractivity contribution in [1.82, 2.24) is 0 Å². The van der Waals surface area contributed by atoms with Crippen LogP contribution in [0, 0.1) is 6.92 Å². The number of nitrogens with one attached hydrogen (secondary N) is 2. The first kappa shape index (κ1) is 16.8. The van der Waals surface area contributed by atoms with Crippen molar-refractivity contribution in [1.29, 1.82) is 0 Å². The summed E-state index contributed by atoms with van der Waals surface area (Å²) in [6, 6.07) is 11.2. The molecule has 1 atom stereocenters. The summed E-state index contributed by atoms with van der Waals surface area (Å²) in [6.07, 6.45) is -0.576. The van der Waals surface area contributed by atoms with Crippen LogP contribution < -0.4 is 20.8 Å². The lowest BCUT2D eigenvalue weighted by Crippen LogP contribution is -2.34. The van der Waals surface area contributed by atoms with Gasteiger partial charge < -0.3 is 19.8 Å². The zero-order valence-electron chi connectivity index (χ0n) is 14.7. The van der Waals surface area contributed by atoms with Crippen LogP contribution in [0.25, 0.3) is 11.0 Å². The van der Waals surface area contributed by atoms with Gasteiger partial charge in [0.2, 0.25) is 0 Å². The molecule has 1 aliphatic heterocycles. The predicted molar refractivity (Wildman–Crippen MR) is 100 cm³/mol. The van der Waals surface area contributed by atoms with Crippen LogP contribution in [0.5, 0.6) is 5.75 Å². The normalized spacial score (nSPS) is 15.6. The molecule has 0 fully saturated rings. The molecule has 7 heteroatoms. The number of carbonyl (C=O) groups is 2. The van der Waals surface area contributed by atoms with E-state index < -0.39 is 12.0 Å². The molecule has 136 valence electrons. The molecule has 0 spiro atoms. The highest BCUT2D eigenvalue weighted by Gasteiger charge is 2.24. The maximum absolute atomic E-state index is 12.5. The van der Waals surface area contributed by atoms with E-state index in [-0.39, 0.29) is 17.1 Å². The summed E-state index contributed by atoms with van der Waals surface area (Å²) in [6.45, 7) is 3.52. The smallest absolute Gasteiger partial charge is 0.291 e. The van der Waals surface area contributed by atoms with Gasteiger partial charge in [-0.05, 0) is 44.2 Å². The van der Waals surface area contributed by atoms with Crippen LogP contribution in [0.15, 0.2) is 51.7 Å². The van der Waals surface area contributed by atoms with Gasteiger partial charge in [-0.3, -0.25) is 14.4 Å². The third-order valence-electron chi connectivity index (χ3n) is 4.27. The minimum absolute atomic E-state index is 0.0945. The third-order valence-corrected chi connectivity index (χ3v) is 4.27. The minimum atomic E-state index is -0.576. The SMILES string of the molecule is Cc1ccc2oc(C(=O)Nc3ccc4c(c3)NC(=O)[C@@H](C)O4)cc(=O)c2c1. The number of hydrogen-bond acceptors (Lipinski definition) is 5. The van der Waals surface area contributed by atoms with Crippen LogP contribution in [0.4, 0.5) is 11.4 Å². The van der Waals surface area contributed by atoms with E-state index in [2.05, 4.69) is 10.6 Å². The van der Waals surface area contributed by atoms with Crippen molar-refractivity contribution in [2.24, 2.45) is 0 Å². The number of carbonyl (C=O) groups excluding carboxylic acids is 2. The van der Waals surface area contributed by atoms with E-state index in [0.29, 0.717) is 28.1 Å². The first-order valence-corrected chi connectivity index (χ1v) is 8.38. The Morgan fingerprint density at radius 3 is 2.74 bits per heavy atom. The van der Waals surface area contributed by atoms with Crippen LogP contribution >= 0.6 is 0 Å². The molecule has 0 aliphatic carbocycles. The third kappa shape index (κ3) is 3.15. The first-order chi connectivity index (χ1) is 12.9. The molecule has 4 rings (SSSR count). The molecule has 2 aromatic carbocycles. The quantitative estimate of drug-likeness (QED) is 0.728. The molecular weight excluding hydrogens is 348 g/mol. The van der Waals surface area contributed by atoms with Crippen LogP contribution in [0.3, 0.4) is 0 Å². The maximum Gasteiger partial charge on any atom is 0.291 e. The second kappa shape index (κ2) is 6.28. The van der Waals surface area contributed by atoms with Crippen molar-refractivity contribution >= 4 is 34.2 Å². The van der Waals surface area contributed by atoms with Crippen molar-refractivity contribution in [2.45, 2.75) is 20.0 Å². The fourth-order valence-corrected chi connectivity index (χ4v) is 2.86. The topological polar surface area (TPSA) is 97.6 Å². The second-order valence-corrected chi connectivity index (χ2v) is 6.39. The van der Waals surface area contributed by atoms with Gasteiger partial charge in [0.05, 0.1) is 11.1 Å². The highest BCUT2D eigenvalue weighted by molar-refractivity contribution is 6.04. The van der Waals surface area contributed by atoms with Gasteiger partial charge in [0.25, 0.3) is 11.8 Å². The molecule has 2 amide bonds. The fraction of sp³-hybridized carbons (Fsp3) is 0.150.